The van der Waals surface area contributed by atoms with Crippen molar-refractivity contribution in [2.75, 3.05) is 7.11 Å². The molecule has 24 heavy (non-hydrogen) atoms. The van der Waals surface area contributed by atoms with Crippen molar-refractivity contribution in [3.8, 4) is 5.75 Å². The van der Waals surface area contributed by atoms with E-state index < -0.39 is 7.12 Å². The first kappa shape index (κ1) is 17.0. The molecule has 0 N–H and O–H groups in total. The fourth-order valence-corrected chi connectivity index (χ4v) is 2.72. The van der Waals surface area contributed by atoms with Crippen molar-refractivity contribution >= 4 is 12.6 Å². The summed E-state index contributed by atoms with van der Waals surface area (Å²) < 4.78 is 17.6. The highest BCUT2D eigenvalue weighted by molar-refractivity contribution is 6.62. The molecule has 4 nitrogen and oxygen atoms in total. The van der Waals surface area contributed by atoms with E-state index in [1.807, 2.05) is 30.5 Å². The SMILES string of the molecule is COc1ccc(Cc2ncccc2B2OC(C)(C)C(C)(C)O2)cc1. The lowest BCUT2D eigenvalue weighted by Gasteiger charge is -2.32. The summed E-state index contributed by atoms with van der Waals surface area (Å²) in [5, 5.41) is 0. The monoisotopic (exact) mass is 325 g/mol. The first-order valence-electron chi connectivity index (χ1n) is 8.25. The summed E-state index contributed by atoms with van der Waals surface area (Å²) in [6.45, 7) is 8.25. The molecule has 0 unspecified atom stereocenters. The highest BCUT2D eigenvalue weighted by Gasteiger charge is 2.52. The van der Waals surface area contributed by atoms with Gasteiger partial charge in [-0.15, -0.1) is 0 Å². The van der Waals surface area contributed by atoms with Crippen molar-refractivity contribution in [3.63, 3.8) is 0 Å². The normalized spacial score (nSPS) is 18.6. The third-order valence-corrected chi connectivity index (χ3v) is 4.96. The lowest BCUT2D eigenvalue weighted by Crippen LogP contribution is -2.41. The predicted octanol–water partition coefficient (Wildman–Crippen LogP) is 2.98. The van der Waals surface area contributed by atoms with Crippen LogP contribution in [0.1, 0.15) is 39.0 Å². The van der Waals surface area contributed by atoms with Gasteiger partial charge in [-0.05, 0) is 51.5 Å². The van der Waals surface area contributed by atoms with Gasteiger partial charge >= 0.3 is 7.12 Å². The Bertz CT molecular complexity index is 697. The molecule has 1 fully saturated rings. The summed E-state index contributed by atoms with van der Waals surface area (Å²) in [7, 11) is 1.28. The fraction of sp³-hybridized carbons (Fsp3) is 0.421. The molecule has 0 radical (unpaired) electrons. The van der Waals surface area contributed by atoms with E-state index in [0.717, 1.165) is 23.3 Å². The zero-order chi connectivity index (χ0) is 17.4. The molecule has 0 bridgehead atoms. The maximum absolute atomic E-state index is 6.18. The van der Waals surface area contributed by atoms with Crippen LogP contribution in [0.15, 0.2) is 42.6 Å². The third kappa shape index (κ3) is 3.19. The van der Waals surface area contributed by atoms with Gasteiger partial charge in [-0.2, -0.15) is 0 Å². The van der Waals surface area contributed by atoms with E-state index in [1.54, 1.807) is 7.11 Å². The second-order valence-electron chi connectivity index (χ2n) is 7.15. The van der Waals surface area contributed by atoms with Crippen molar-refractivity contribution in [3.05, 3.63) is 53.9 Å². The number of hydrogen-bond acceptors (Lipinski definition) is 4. The van der Waals surface area contributed by atoms with Crippen molar-refractivity contribution < 1.29 is 14.0 Å². The van der Waals surface area contributed by atoms with Gasteiger partial charge in [0.05, 0.1) is 18.3 Å². The summed E-state index contributed by atoms with van der Waals surface area (Å²) >= 11 is 0. The number of ether oxygens (including phenoxy) is 1. The highest BCUT2D eigenvalue weighted by Crippen LogP contribution is 2.36. The lowest BCUT2D eigenvalue weighted by atomic mass is 9.77. The Morgan fingerprint density at radius 3 is 2.21 bits per heavy atom. The van der Waals surface area contributed by atoms with E-state index in [0.29, 0.717) is 0 Å². The molecule has 0 saturated carbocycles. The number of hydrogen-bond donors (Lipinski definition) is 0. The van der Waals surface area contributed by atoms with Gasteiger partial charge in [0, 0.05) is 23.8 Å². The van der Waals surface area contributed by atoms with Gasteiger partial charge in [0.1, 0.15) is 5.75 Å². The minimum absolute atomic E-state index is 0.356. The minimum atomic E-state index is -0.392. The van der Waals surface area contributed by atoms with Gasteiger partial charge < -0.3 is 14.0 Å². The molecule has 1 saturated heterocycles. The Balaban J connectivity index is 1.86. The van der Waals surface area contributed by atoms with Gasteiger partial charge in [-0.25, -0.2) is 0 Å². The second-order valence-corrected chi connectivity index (χ2v) is 7.15. The first-order chi connectivity index (χ1) is 11.3. The van der Waals surface area contributed by atoms with Crippen LogP contribution >= 0.6 is 0 Å². The Morgan fingerprint density at radius 1 is 1.00 bits per heavy atom. The second kappa shape index (κ2) is 6.23. The smallest absolute Gasteiger partial charge is 0.496 e. The Morgan fingerprint density at radius 2 is 1.62 bits per heavy atom. The molecule has 3 rings (SSSR count). The molecule has 0 atom stereocenters. The van der Waals surface area contributed by atoms with Crippen molar-refractivity contribution in [1.29, 1.82) is 0 Å². The van der Waals surface area contributed by atoms with E-state index in [-0.39, 0.29) is 11.2 Å². The van der Waals surface area contributed by atoms with Crippen LogP contribution in [0.5, 0.6) is 5.75 Å². The van der Waals surface area contributed by atoms with Crippen molar-refractivity contribution in [1.82, 2.24) is 4.98 Å². The van der Waals surface area contributed by atoms with Crippen LogP contribution < -0.4 is 10.2 Å². The molecule has 1 aliphatic rings. The molecule has 0 aliphatic carbocycles. The largest absolute Gasteiger partial charge is 0.497 e. The molecule has 1 aliphatic heterocycles. The predicted molar refractivity (Wildman–Crippen MR) is 95.8 cm³/mol. The molecule has 2 heterocycles. The van der Waals surface area contributed by atoms with Gasteiger partial charge in [0.15, 0.2) is 0 Å². The summed E-state index contributed by atoms with van der Waals surface area (Å²) in [6.07, 6.45) is 2.54. The molecule has 5 heteroatoms. The number of benzene rings is 1. The maximum Gasteiger partial charge on any atom is 0.496 e. The van der Waals surface area contributed by atoms with Crippen LogP contribution in [0.2, 0.25) is 0 Å². The number of methoxy groups -OCH3 is 1. The molecule has 126 valence electrons. The fourth-order valence-electron chi connectivity index (χ4n) is 2.72. The topological polar surface area (TPSA) is 40.6 Å². The summed E-state index contributed by atoms with van der Waals surface area (Å²) in [5.74, 6) is 0.853. The van der Waals surface area contributed by atoms with Crippen LogP contribution in [-0.2, 0) is 15.7 Å². The van der Waals surface area contributed by atoms with Gasteiger partial charge in [-0.1, -0.05) is 18.2 Å². The van der Waals surface area contributed by atoms with Crippen LogP contribution in [0.4, 0.5) is 0 Å². The van der Waals surface area contributed by atoms with Gasteiger partial charge in [-0.3, -0.25) is 4.98 Å². The average Bonchev–Trinajstić information content (AvgIpc) is 2.76. The van der Waals surface area contributed by atoms with Gasteiger partial charge in [0.2, 0.25) is 0 Å². The molecule has 0 amide bonds. The summed E-state index contributed by atoms with van der Waals surface area (Å²) in [5.41, 5.74) is 2.43. The summed E-state index contributed by atoms with van der Waals surface area (Å²) in [4.78, 5) is 4.57. The first-order valence-corrected chi connectivity index (χ1v) is 8.25. The Labute approximate surface area is 144 Å². The maximum atomic E-state index is 6.18. The number of rotatable bonds is 4. The van der Waals surface area contributed by atoms with E-state index in [4.69, 9.17) is 14.0 Å². The third-order valence-electron chi connectivity index (χ3n) is 4.96. The van der Waals surface area contributed by atoms with Crippen LogP contribution in [0.3, 0.4) is 0 Å². The van der Waals surface area contributed by atoms with Crippen LogP contribution in [0.25, 0.3) is 0 Å². The molecule has 0 spiro atoms. The lowest BCUT2D eigenvalue weighted by molar-refractivity contribution is 0.00578. The van der Waals surface area contributed by atoms with Gasteiger partial charge in [0.25, 0.3) is 0 Å². The quantitative estimate of drug-likeness (QED) is 0.811. The number of nitrogens with zero attached hydrogens (tertiary/aromatic N) is 1. The highest BCUT2D eigenvalue weighted by atomic mass is 16.7. The molecule has 2 aromatic rings. The van der Waals surface area contributed by atoms with Crippen LogP contribution in [-0.4, -0.2) is 30.4 Å². The van der Waals surface area contributed by atoms with E-state index in [9.17, 15) is 0 Å². The molecule has 1 aromatic carbocycles. The van der Waals surface area contributed by atoms with Crippen molar-refractivity contribution in [2.45, 2.75) is 45.3 Å². The van der Waals surface area contributed by atoms with Crippen molar-refractivity contribution in [2.24, 2.45) is 0 Å². The average molecular weight is 325 g/mol. The van der Waals surface area contributed by atoms with Crippen LogP contribution in [0, 0.1) is 0 Å². The van der Waals surface area contributed by atoms with E-state index >= 15 is 0 Å². The Kier molecular flexibility index (Phi) is 4.41. The zero-order valence-electron chi connectivity index (χ0n) is 15.0. The molecule has 1 aromatic heterocycles. The molecular weight excluding hydrogens is 301 g/mol. The van der Waals surface area contributed by atoms with E-state index in [1.165, 1.54) is 5.56 Å². The van der Waals surface area contributed by atoms with E-state index in [2.05, 4.69) is 44.8 Å². The number of pyridine rings is 1. The summed E-state index contributed by atoms with van der Waals surface area (Å²) in [6, 6.07) is 12.0. The minimum Gasteiger partial charge on any atom is -0.497 e. The zero-order valence-corrected chi connectivity index (χ0v) is 15.0. The number of aromatic nitrogens is 1. The Hall–Kier alpha value is -1.85. The standard InChI is InChI=1S/C19H24BNO3/c1-18(2)19(3,4)24-20(23-18)16-7-6-12-21-17(16)13-14-8-10-15(22-5)11-9-14/h6-12H,13H2,1-5H3. The molecular formula is C19H24BNO3.